The van der Waals surface area contributed by atoms with E-state index in [1.165, 1.54) is 0 Å². The number of hydrogen-bond acceptors (Lipinski definition) is 6. The topological polar surface area (TPSA) is 79.4 Å². The molecule has 3 aromatic rings. The largest absolute Gasteiger partial charge is 0.494 e. The van der Waals surface area contributed by atoms with Crippen LogP contribution in [-0.4, -0.2) is 48.7 Å². The lowest BCUT2D eigenvalue weighted by Crippen LogP contribution is -2.40. The minimum absolute atomic E-state index is 0.0231. The van der Waals surface area contributed by atoms with Gasteiger partial charge < -0.3 is 20.3 Å². The van der Waals surface area contributed by atoms with Crippen LogP contribution in [0.1, 0.15) is 55.8 Å². The second-order valence-corrected chi connectivity index (χ2v) is 9.18. The third-order valence-electron chi connectivity index (χ3n) is 6.29. The number of rotatable bonds is 9. The van der Waals surface area contributed by atoms with Gasteiger partial charge in [0.05, 0.1) is 12.1 Å². The number of benzene rings is 2. The molecule has 2 aromatic carbocycles. The number of fused-ring (bicyclic) bond motifs is 1. The summed E-state index contributed by atoms with van der Waals surface area (Å²) in [5, 5.41) is 7.77. The molecule has 0 saturated heterocycles. The van der Waals surface area contributed by atoms with E-state index >= 15 is 0 Å². The van der Waals surface area contributed by atoms with Crippen molar-refractivity contribution < 1.29 is 9.53 Å². The van der Waals surface area contributed by atoms with E-state index in [1.54, 1.807) is 0 Å². The van der Waals surface area contributed by atoms with E-state index in [0.717, 1.165) is 61.0 Å². The van der Waals surface area contributed by atoms with E-state index in [9.17, 15) is 4.79 Å². The zero-order valence-corrected chi connectivity index (χ0v) is 20.4. The molecule has 1 heterocycles. The van der Waals surface area contributed by atoms with E-state index in [2.05, 4.69) is 23.6 Å². The Kier molecular flexibility index (Phi) is 7.83. The molecule has 7 heteroatoms. The van der Waals surface area contributed by atoms with E-state index in [0.29, 0.717) is 24.2 Å². The van der Waals surface area contributed by atoms with E-state index in [-0.39, 0.29) is 11.9 Å². The number of aromatic nitrogens is 2. The van der Waals surface area contributed by atoms with Gasteiger partial charge in [0.2, 0.25) is 5.95 Å². The fourth-order valence-corrected chi connectivity index (χ4v) is 4.34. The maximum atomic E-state index is 12.7. The fraction of sp³-hybridized carbons (Fsp3) is 0.444. The molecule has 0 radical (unpaired) electrons. The van der Waals surface area contributed by atoms with Gasteiger partial charge in [-0.2, -0.15) is 4.98 Å². The zero-order chi connectivity index (χ0) is 23.9. The highest BCUT2D eigenvalue weighted by Gasteiger charge is 2.24. The number of carbonyl (C=O) groups excluding carboxylic acids is 1. The first-order valence-electron chi connectivity index (χ1n) is 12.3. The van der Waals surface area contributed by atoms with Crippen LogP contribution in [0, 0.1) is 0 Å². The molecule has 180 valence electrons. The molecule has 0 unspecified atom stereocenters. The van der Waals surface area contributed by atoms with Crippen LogP contribution in [-0.2, 0) is 0 Å². The Balaban J connectivity index is 1.29. The van der Waals surface area contributed by atoms with Crippen LogP contribution in [0.2, 0.25) is 0 Å². The summed E-state index contributed by atoms with van der Waals surface area (Å²) in [6, 6.07) is 16.0. The summed E-state index contributed by atoms with van der Waals surface area (Å²) in [5.41, 5.74) is 1.61. The zero-order valence-electron chi connectivity index (χ0n) is 20.4. The van der Waals surface area contributed by atoms with Crippen molar-refractivity contribution in [2.24, 2.45) is 0 Å². The monoisotopic (exact) mass is 461 g/mol. The molecular weight excluding hydrogens is 426 g/mol. The second-order valence-electron chi connectivity index (χ2n) is 9.18. The number of nitrogens with one attached hydrogen (secondary N) is 2. The lowest BCUT2D eigenvalue weighted by molar-refractivity contribution is 0.0926. The maximum absolute atomic E-state index is 12.7. The molecule has 7 nitrogen and oxygen atoms in total. The number of unbranched alkanes of at least 4 members (excludes halogenated alkanes) is 1. The first-order chi connectivity index (χ1) is 16.5. The van der Waals surface area contributed by atoms with Gasteiger partial charge in [0.25, 0.3) is 5.91 Å². The van der Waals surface area contributed by atoms with Gasteiger partial charge in [0.15, 0.2) is 0 Å². The average molecular weight is 462 g/mol. The van der Waals surface area contributed by atoms with Crippen molar-refractivity contribution >= 4 is 28.6 Å². The Hall–Kier alpha value is -3.35. The maximum Gasteiger partial charge on any atom is 0.251 e. The molecule has 0 atom stereocenters. The van der Waals surface area contributed by atoms with Gasteiger partial charge >= 0.3 is 0 Å². The quantitative estimate of drug-likeness (QED) is 0.435. The summed E-state index contributed by atoms with van der Waals surface area (Å²) < 4.78 is 5.68. The summed E-state index contributed by atoms with van der Waals surface area (Å²) in [5.74, 6) is 2.36. The Morgan fingerprint density at radius 1 is 1.00 bits per heavy atom. The smallest absolute Gasteiger partial charge is 0.251 e. The van der Waals surface area contributed by atoms with Crippen molar-refractivity contribution in [2.45, 2.75) is 57.5 Å². The molecule has 0 spiro atoms. The number of nitrogens with zero attached hydrogens (tertiary/aromatic N) is 3. The van der Waals surface area contributed by atoms with Crippen LogP contribution in [0.3, 0.4) is 0 Å². The van der Waals surface area contributed by atoms with Crippen LogP contribution < -0.4 is 20.3 Å². The van der Waals surface area contributed by atoms with Gasteiger partial charge in [0, 0.05) is 37.1 Å². The number of hydrogen-bond donors (Lipinski definition) is 2. The van der Waals surface area contributed by atoms with Crippen molar-refractivity contribution in [1.82, 2.24) is 15.3 Å². The SMILES string of the molecule is CCCCOc1ccc(C(=O)NC2CCC(Nc3nc(N(C)C)c4ccccc4n3)CC2)cc1. The molecule has 1 aliphatic carbocycles. The predicted octanol–water partition coefficient (Wildman–Crippen LogP) is 5.03. The number of anilines is 2. The molecule has 0 bridgehead atoms. The summed E-state index contributed by atoms with van der Waals surface area (Å²) in [7, 11) is 4.00. The molecule has 1 saturated carbocycles. The molecule has 4 rings (SSSR count). The minimum atomic E-state index is -0.0231. The van der Waals surface area contributed by atoms with Gasteiger partial charge in [-0.3, -0.25) is 4.79 Å². The molecule has 1 amide bonds. The third kappa shape index (κ3) is 5.95. The Bertz CT molecular complexity index is 1090. The molecule has 0 aliphatic heterocycles. The molecule has 1 aromatic heterocycles. The molecular formula is C27H35N5O2. The van der Waals surface area contributed by atoms with Crippen LogP contribution in [0.15, 0.2) is 48.5 Å². The number of ether oxygens (including phenoxy) is 1. The standard InChI is InChI=1S/C27H35N5O2/c1-4-5-18-34-22-16-10-19(11-17-22)26(33)28-20-12-14-21(15-13-20)29-27-30-24-9-7-6-8-23(24)25(31-27)32(2)3/h6-11,16-17,20-21H,4-5,12-15,18H2,1-3H3,(H,28,33)(H,29,30,31). The van der Waals surface area contributed by atoms with Crippen LogP contribution in [0.4, 0.5) is 11.8 Å². The first kappa shape index (κ1) is 23.8. The fourth-order valence-electron chi connectivity index (χ4n) is 4.34. The Morgan fingerprint density at radius 3 is 2.41 bits per heavy atom. The summed E-state index contributed by atoms with van der Waals surface area (Å²) >= 11 is 0. The second kappa shape index (κ2) is 11.2. The Morgan fingerprint density at radius 2 is 1.71 bits per heavy atom. The van der Waals surface area contributed by atoms with Crippen LogP contribution >= 0.6 is 0 Å². The van der Waals surface area contributed by atoms with Crippen molar-refractivity contribution in [2.75, 3.05) is 30.9 Å². The number of amides is 1. The average Bonchev–Trinajstić information content (AvgIpc) is 2.85. The van der Waals surface area contributed by atoms with E-state index < -0.39 is 0 Å². The lowest BCUT2D eigenvalue weighted by atomic mass is 9.91. The van der Waals surface area contributed by atoms with Crippen LogP contribution in [0.25, 0.3) is 10.9 Å². The highest BCUT2D eigenvalue weighted by Crippen LogP contribution is 2.26. The lowest BCUT2D eigenvalue weighted by Gasteiger charge is -2.30. The highest BCUT2D eigenvalue weighted by atomic mass is 16.5. The third-order valence-corrected chi connectivity index (χ3v) is 6.29. The van der Waals surface area contributed by atoms with Crippen molar-refractivity contribution in [3.63, 3.8) is 0 Å². The Labute approximate surface area is 201 Å². The van der Waals surface area contributed by atoms with Crippen molar-refractivity contribution in [1.29, 1.82) is 0 Å². The van der Waals surface area contributed by atoms with Gasteiger partial charge in [-0.25, -0.2) is 4.98 Å². The van der Waals surface area contributed by atoms with Crippen LogP contribution in [0.5, 0.6) is 5.75 Å². The summed E-state index contributed by atoms with van der Waals surface area (Å²) in [6.45, 7) is 2.85. The normalized spacial score (nSPS) is 17.9. The summed E-state index contributed by atoms with van der Waals surface area (Å²) in [4.78, 5) is 24.2. The van der Waals surface area contributed by atoms with Gasteiger partial charge in [-0.1, -0.05) is 25.5 Å². The molecule has 1 fully saturated rings. The summed E-state index contributed by atoms with van der Waals surface area (Å²) in [6.07, 6.45) is 5.91. The van der Waals surface area contributed by atoms with Crippen molar-refractivity contribution in [3.8, 4) is 5.75 Å². The first-order valence-corrected chi connectivity index (χ1v) is 12.3. The van der Waals surface area contributed by atoms with Crippen molar-refractivity contribution in [3.05, 3.63) is 54.1 Å². The van der Waals surface area contributed by atoms with Gasteiger partial charge in [-0.15, -0.1) is 0 Å². The molecule has 34 heavy (non-hydrogen) atoms. The number of para-hydroxylation sites is 1. The van der Waals surface area contributed by atoms with E-state index in [1.807, 2.05) is 61.5 Å². The van der Waals surface area contributed by atoms with Gasteiger partial charge in [0.1, 0.15) is 11.6 Å². The van der Waals surface area contributed by atoms with Gasteiger partial charge in [-0.05, 0) is 68.5 Å². The number of carbonyl (C=O) groups is 1. The minimum Gasteiger partial charge on any atom is -0.494 e. The highest BCUT2D eigenvalue weighted by molar-refractivity contribution is 5.94. The predicted molar refractivity (Wildman–Crippen MR) is 138 cm³/mol. The van der Waals surface area contributed by atoms with E-state index in [4.69, 9.17) is 14.7 Å². The molecule has 1 aliphatic rings. The molecule has 2 N–H and O–H groups in total.